The van der Waals surface area contributed by atoms with E-state index in [9.17, 15) is 13.2 Å². The van der Waals surface area contributed by atoms with Crippen LogP contribution in [-0.2, 0) is 6.18 Å². The van der Waals surface area contributed by atoms with Gasteiger partial charge in [-0.3, -0.25) is 0 Å². The molecule has 1 N–H and O–H groups in total. The number of aromatic amines is 1. The third kappa shape index (κ3) is 1.56. The fraction of sp³-hybridized carbons (Fsp3) is 0.333. The number of nitriles is 1. The Balaban J connectivity index is 3.26. The number of H-pyrrole nitrogens is 1. The molecule has 0 saturated carbocycles. The van der Waals surface area contributed by atoms with Crippen molar-refractivity contribution in [3.63, 3.8) is 0 Å². The van der Waals surface area contributed by atoms with Crippen molar-refractivity contribution in [1.82, 2.24) is 10.2 Å². The number of halogens is 3. The Hall–Kier alpha value is -1.71. The van der Waals surface area contributed by atoms with Gasteiger partial charge in [0, 0.05) is 0 Å². The molecule has 7 heteroatoms. The summed E-state index contributed by atoms with van der Waals surface area (Å²) in [5.74, 6) is -0.283. The Kier molecular flexibility index (Phi) is 2.14. The quantitative estimate of drug-likeness (QED) is 0.727. The van der Waals surface area contributed by atoms with Crippen molar-refractivity contribution in [1.29, 1.82) is 5.26 Å². The van der Waals surface area contributed by atoms with Gasteiger partial charge in [0.1, 0.15) is 11.6 Å². The lowest BCUT2D eigenvalue weighted by Crippen LogP contribution is -2.07. The highest BCUT2D eigenvalue weighted by atomic mass is 19.4. The predicted molar refractivity (Wildman–Crippen MR) is 34.9 cm³/mol. The maximum Gasteiger partial charge on any atom is 0.436 e. The first-order valence-corrected chi connectivity index (χ1v) is 3.10. The molecule has 0 saturated heterocycles. The molecule has 0 atom stereocenters. The van der Waals surface area contributed by atoms with Gasteiger partial charge < -0.3 is 4.74 Å². The molecule has 1 rings (SSSR count). The van der Waals surface area contributed by atoms with Gasteiger partial charge in [0.2, 0.25) is 5.88 Å². The average Bonchev–Trinajstić information content (AvgIpc) is 2.45. The maximum absolute atomic E-state index is 12.1. The van der Waals surface area contributed by atoms with Crippen LogP contribution in [-0.4, -0.2) is 17.3 Å². The Morgan fingerprint density at radius 3 is 2.54 bits per heavy atom. The van der Waals surface area contributed by atoms with Crippen LogP contribution >= 0.6 is 0 Å². The second kappa shape index (κ2) is 2.97. The summed E-state index contributed by atoms with van der Waals surface area (Å²) in [5, 5.41) is 13.3. The van der Waals surface area contributed by atoms with Crippen molar-refractivity contribution in [3.05, 3.63) is 11.3 Å². The Labute approximate surface area is 70.9 Å². The van der Waals surface area contributed by atoms with E-state index >= 15 is 0 Å². The fourth-order valence-corrected chi connectivity index (χ4v) is 0.783. The van der Waals surface area contributed by atoms with Gasteiger partial charge in [-0.2, -0.15) is 23.5 Å². The molecule has 1 aromatic rings. The summed E-state index contributed by atoms with van der Waals surface area (Å²) in [7, 11) is 1.15. The second-order valence-electron chi connectivity index (χ2n) is 2.09. The zero-order chi connectivity index (χ0) is 10.1. The number of nitrogens with one attached hydrogen (secondary N) is 1. The highest BCUT2D eigenvalue weighted by molar-refractivity contribution is 5.42. The Morgan fingerprint density at radius 1 is 1.54 bits per heavy atom. The van der Waals surface area contributed by atoms with E-state index in [1.165, 1.54) is 6.07 Å². The third-order valence-corrected chi connectivity index (χ3v) is 1.32. The molecule has 13 heavy (non-hydrogen) atoms. The van der Waals surface area contributed by atoms with E-state index in [0.29, 0.717) is 0 Å². The molecule has 0 spiro atoms. The molecule has 0 unspecified atom stereocenters. The molecule has 0 aliphatic heterocycles. The average molecular weight is 191 g/mol. The number of nitrogens with zero attached hydrogens (tertiary/aromatic N) is 2. The molecule has 0 amide bonds. The summed E-state index contributed by atoms with van der Waals surface area (Å²) in [4.78, 5) is 0. The van der Waals surface area contributed by atoms with Crippen LogP contribution in [0.15, 0.2) is 0 Å². The lowest BCUT2D eigenvalue weighted by Gasteiger charge is -2.00. The summed E-state index contributed by atoms with van der Waals surface area (Å²) in [6.45, 7) is 0. The van der Waals surface area contributed by atoms with Crippen molar-refractivity contribution in [2.75, 3.05) is 7.11 Å². The van der Waals surface area contributed by atoms with Gasteiger partial charge in [0.05, 0.1) is 7.11 Å². The smallest absolute Gasteiger partial charge is 0.436 e. The first-order chi connectivity index (χ1) is 6.00. The van der Waals surface area contributed by atoms with Crippen LogP contribution in [0.2, 0.25) is 0 Å². The second-order valence-corrected chi connectivity index (χ2v) is 2.09. The van der Waals surface area contributed by atoms with Crippen LogP contribution in [0.3, 0.4) is 0 Å². The van der Waals surface area contributed by atoms with Crippen molar-refractivity contribution in [2.24, 2.45) is 0 Å². The normalized spacial score (nSPS) is 11.0. The number of hydrogen-bond acceptors (Lipinski definition) is 3. The standard InChI is InChI=1S/C6H4F3N3O/c1-13-5-3(2-10)4(11-12-5)6(7,8)9/h1H3,(H,11,12). The van der Waals surface area contributed by atoms with Gasteiger partial charge in [-0.15, -0.1) is 0 Å². The molecule has 0 aliphatic carbocycles. The van der Waals surface area contributed by atoms with Crippen LogP contribution in [0.25, 0.3) is 0 Å². The Morgan fingerprint density at radius 2 is 2.15 bits per heavy atom. The van der Waals surface area contributed by atoms with Crippen LogP contribution in [0, 0.1) is 11.3 Å². The van der Waals surface area contributed by atoms with E-state index in [0.717, 1.165) is 7.11 Å². The number of methoxy groups -OCH3 is 1. The van der Waals surface area contributed by atoms with E-state index in [4.69, 9.17) is 5.26 Å². The molecule has 0 bridgehead atoms. The summed E-state index contributed by atoms with van der Waals surface area (Å²) in [6, 6.07) is 1.36. The zero-order valence-corrected chi connectivity index (χ0v) is 6.44. The number of hydrogen-bond donors (Lipinski definition) is 1. The highest BCUT2D eigenvalue weighted by Crippen LogP contribution is 2.33. The van der Waals surface area contributed by atoms with Gasteiger partial charge in [-0.1, -0.05) is 0 Å². The van der Waals surface area contributed by atoms with Crippen LogP contribution in [0.1, 0.15) is 11.3 Å². The fourth-order valence-electron chi connectivity index (χ4n) is 0.783. The number of rotatable bonds is 1. The summed E-state index contributed by atoms with van der Waals surface area (Å²) in [6.07, 6.45) is -4.64. The van der Waals surface area contributed by atoms with Gasteiger partial charge >= 0.3 is 6.18 Å². The summed E-state index contributed by atoms with van der Waals surface area (Å²) < 4.78 is 40.8. The van der Waals surface area contributed by atoms with Crippen molar-refractivity contribution < 1.29 is 17.9 Å². The molecule has 1 aromatic heterocycles. The van der Waals surface area contributed by atoms with E-state index in [2.05, 4.69) is 9.84 Å². The van der Waals surface area contributed by atoms with Gasteiger partial charge in [-0.05, 0) is 0 Å². The van der Waals surface area contributed by atoms with Gasteiger partial charge in [-0.25, -0.2) is 5.10 Å². The first-order valence-electron chi connectivity index (χ1n) is 3.10. The highest BCUT2D eigenvalue weighted by Gasteiger charge is 2.38. The minimum Gasteiger partial charge on any atom is -0.480 e. The van der Waals surface area contributed by atoms with Crippen LogP contribution in [0.4, 0.5) is 13.2 Å². The molecule has 0 aromatic carbocycles. The summed E-state index contributed by atoms with van der Waals surface area (Å²) >= 11 is 0. The van der Waals surface area contributed by atoms with E-state index < -0.39 is 17.4 Å². The molecule has 4 nitrogen and oxygen atoms in total. The van der Waals surface area contributed by atoms with Crippen molar-refractivity contribution in [2.45, 2.75) is 6.18 Å². The molecule has 1 heterocycles. The largest absolute Gasteiger partial charge is 0.480 e. The van der Waals surface area contributed by atoms with E-state index in [1.807, 2.05) is 5.10 Å². The number of alkyl halides is 3. The zero-order valence-electron chi connectivity index (χ0n) is 6.44. The number of aromatic nitrogens is 2. The summed E-state index contributed by atoms with van der Waals surface area (Å²) in [5.41, 5.74) is -1.89. The molecular formula is C6H4F3N3O. The maximum atomic E-state index is 12.1. The molecule has 70 valence electrons. The SMILES string of the molecule is COc1[nH]nc(C(F)(F)F)c1C#N. The number of ether oxygens (including phenoxy) is 1. The van der Waals surface area contributed by atoms with Gasteiger partial charge in [0.25, 0.3) is 0 Å². The van der Waals surface area contributed by atoms with Crippen LogP contribution < -0.4 is 4.74 Å². The minimum absolute atomic E-state index is 0.283. The lowest BCUT2D eigenvalue weighted by atomic mass is 10.2. The lowest BCUT2D eigenvalue weighted by molar-refractivity contribution is -0.141. The molecule has 0 radical (unpaired) electrons. The van der Waals surface area contributed by atoms with Crippen molar-refractivity contribution >= 4 is 0 Å². The molecule has 0 fully saturated rings. The first kappa shape index (κ1) is 9.38. The Bertz CT molecular complexity index is 349. The van der Waals surface area contributed by atoms with Crippen LogP contribution in [0.5, 0.6) is 5.88 Å². The monoisotopic (exact) mass is 191 g/mol. The van der Waals surface area contributed by atoms with E-state index in [1.54, 1.807) is 0 Å². The minimum atomic E-state index is -4.64. The topological polar surface area (TPSA) is 61.7 Å². The van der Waals surface area contributed by atoms with Crippen molar-refractivity contribution in [3.8, 4) is 11.9 Å². The third-order valence-electron chi connectivity index (χ3n) is 1.32. The predicted octanol–water partition coefficient (Wildman–Crippen LogP) is 1.31. The van der Waals surface area contributed by atoms with Gasteiger partial charge in [0.15, 0.2) is 5.69 Å². The molecule has 0 aliphatic rings. The van der Waals surface area contributed by atoms with E-state index in [-0.39, 0.29) is 5.88 Å². The molecular weight excluding hydrogens is 187 g/mol.